The van der Waals surface area contributed by atoms with Crippen molar-refractivity contribution in [2.75, 3.05) is 5.73 Å². The monoisotopic (exact) mass is 312 g/mol. The second kappa shape index (κ2) is 5.79. The summed E-state index contributed by atoms with van der Waals surface area (Å²) < 4.78 is 53.0. The van der Waals surface area contributed by atoms with Gasteiger partial charge in [0.2, 0.25) is 10.0 Å². The predicted molar refractivity (Wildman–Crippen MR) is 75.9 cm³/mol. The first-order valence-corrected chi connectivity index (χ1v) is 7.61. The van der Waals surface area contributed by atoms with Crippen LogP contribution in [0.5, 0.6) is 0 Å². The van der Waals surface area contributed by atoms with Gasteiger partial charge in [0.25, 0.3) is 0 Å². The van der Waals surface area contributed by atoms with E-state index in [1.807, 2.05) is 0 Å². The highest BCUT2D eigenvalue weighted by atomic mass is 32.2. The molecule has 0 aromatic heterocycles. The molecule has 2 rings (SSSR count). The summed E-state index contributed by atoms with van der Waals surface area (Å²) in [7, 11) is -3.98. The van der Waals surface area contributed by atoms with Crippen LogP contribution in [-0.2, 0) is 10.0 Å². The molecule has 0 spiro atoms. The highest BCUT2D eigenvalue weighted by Crippen LogP contribution is 2.23. The topological polar surface area (TPSA) is 72.2 Å². The molecule has 0 saturated carbocycles. The summed E-state index contributed by atoms with van der Waals surface area (Å²) in [4.78, 5) is -0.323. The van der Waals surface area contributed by atoms with Gasteiger partial charge in [-0.25, -0.2) is 21.9 Å². The van der Waals surface area contributed by atoms with E-state index >= 15 is 0 Å². The maximum atomic E-state index is 13.4. The van der Waals surface area contributed by atoms with Gasteiger partial charge in [0.05, 0.1) is 5.69 Å². The number of anilines is 1. The van der Waals surface area contributed by atoms with Gasteiger partial charge in [0.15, 0.2) is 0 Å². The lowest BCUT2D eigenvalue weighted by Gasteiger charge is -2.15. The van der Waals surface area contributed by atoms with Gasteiger partial charge in [-0.15, -0.1) is 0 Å². The fraction of sp³-hybridized carbons (Fsp3) is 0.143. The third kappa shape index (κ3) is 3.37. The van der Waals surface area contributed by atoms with Gasteiger partial charge in [-0.05, 0) is 36.8 Å². The fourth-order valence-corrected chi connectivity index (χ4v) is 3.24. The van der Waals surface area contributed by atoms with Crippen LogP contribution in [0.15, 0.2) is 47.4 Å². The van der Waals surface area contributed by atoms with Crippen molar-refractivity contribution >= 4 is 15.7 Å². The van der Waals surface area contributed by atoms with E-state index < -0.39 is 33.4 Å². The molecule has 2 aromatic rings. The number of hydrogen-bond donors (Lipinski definition) is 2. The minimum atomic E-state index is -3.98. The maximum Gasteiger partial charge on any atom is 0.243 e. The smallest absolute Gasteiger partial charge is 0.243 e. The number of nitrogens with two attached hydrogens (primary N) is 1. The zero-order valence-electron chi connectivity index (χ0n) is 11.2. The van der Waals surface area contributed by atoms with Crippen LogP contribution in [0.25, 0.3) is 0 Å². The van der Waals surface area contributed by atoms with Crippen molar-refractivity contribution in [1.82, 2.24) is 4.72 Å². The van der Waals surface area contributed by atoms with Crippen molar-refractivity contribution in [3.05, 3.63) is 59.7 Å². The Morgan fingerprint density at radius 2 is 1.71 bits per heavy atom. The SMILES string of the molecule is CC(NS(=O)(=O)c1cccc(F)c1N)c1ccc(F)cc1. The van der Waals surface area contributed by atoms with Crippen LogP contribution in [0.1, 0.15) is 18.5 Å². The van der Waals surface area contributed by atoms with Crippen LogP contribution in [0.4, 0.5) is 14.5 Å². The van der Waals surface area contributed by atoms with Crippen LogP contribution < -0.4 is 10.5 Å². The Balaban J connectivity index is 2.29. The molecule has 1 atom stereocenters. The molecule has 0 aliphatic heterocycles. The summed E-state index contributed by atoms with van der Waals surface area (Å²) in [5.41, 5.74) is 5.60. The van der Waals surface area contributed by atoms with E-state index in [4.69, 9.17) is 5.73 Å². The number of halogens is 2. The first-order chi connectivity index (χ1) is 9.81. The van der Waals surface area contributed by atoms with Gasteiger partial charge in [0, 0.05) is 6.04 Å². The van der Waals surface area contributed by atoms with E-state index in [-0.39, 0.29) is 4.90 Å². The molecule has 3 N–H and O–H groups in total. The maximum absolute atomic E-state index is 13.4. The van der Waals surface area contributed by atoms with Crippen molar-refractivity contribution in [2.24, 2.45) is 0 Å². The second-order valence-corrected chi connectivity index (χ2v) is 6.23. The third-order valence-electron chi connectivity index (χ3n) is 3.00. The molecule has 0 heterocycles. The lowest BCUT2D eigenvalue weighted by Crippen LogP contribution is -2.27. The van der Waals surface area contributed by atoms with Crippen molar-refractivity contribution in [1.29, 1.82) is 0 Å². The highest BCUT2D eigenvalue weighted by Gasteiger charge is 2.22. The summed E-state index contributed by atoms with van der Waals surface area (Å²) in [5.74, 6) is -1.21. The van der Waals surface area contributed by atoms with Crippen LogP contribution in [-0.4, -0.2) is 8.42 Å². The number of nitrogens with one attached hydrogen (secondary N) is 1. The average molecular weight is 312 g/mol. The molecule has 112 valence electrons. The third-order valence-corrected chi connectivity index (χ3v) is 4.60. The van der Waals surface area contributed by atoms with Crippen molar-refractivity contribution in [2.45, 2.75) is 17.9 Å². The van der Waals surface area contributed by atoms with E-state index in [1.165, 1.54) is 36.4 Å². The molecule has 2 aromatic carbocycles. The summed E-state index contributed by atoms with van der Waals surface area (Å²) in [6.45, 7) is 1.60. The number of nitrogen functional groups attached to an aromatic ring is 1. The van der Waals surface area contributed by atoms with Crippen LogP contribution in [0.2, 0.25) is 0 Å². The minimum absolute atomic E-state index is 0.323. The Kier molecular flexibility index (Phi) is 4.24. The summed E-state index contributed by atoms with van der Waals surface area (Å²) in [5, 5.41) is 0. The zero-order chi connectivity index (χ0) is 15.6. The van der Waals surface area contributed by atoms with Crippen molar-refractivity contribution < 1.29 is 17.2 Å². The largest absolute Gasteiger partial charge is 0.395 e. The summed E-state index contributed by atoms with van der Waals surface area (Å²) in [6.07, 6.45) is 0. The Bertz CT molecular complexity index is 746. The normalized spacial score (nSPS) is 13.1. The van der Waals surface area contributed by atoms with Gasteiger partial charge < -0.3 is 5.73 Å². The van der Waals surface area contributed by atoms with Gasteiger partial charge in [-0.3, -0.25) is 0 Å². The molecular weight excluding hydrogens is 298 g/mol. The van der Waals surface area contributed by atoms with Crippen molar-refractivity contribution in [3.8, 4) is 0 Å². The molecule has 0 aliphatic rings. The molecule has 4 nitrogen and oxygen atoms in total. The summed E-state index contributed by atoms with van der Waals surface area (Å²) >= 11 is 0. The molecule has 0 amide bonds. The van der Waals surface area contributed by atoms with E-state index in [9.17, 15) is 17.2 Å². The minimum Gasteiger partial charge on any atom is -0.395 e. The Morgan fingerprint density at radius 1 is 1.10 bits per heavy atom. The van der Waals surface area contributed by atoms with Gasteiger partial charge in [0.1, 0.15) is 16.5 Å². The molecule has 0 bridgehead atoms. The van der Waals surface area contributed by atoms with Gasteiger partial charge in [-0.2, -0.15) is 0 Å². The first kappa shape index (κ1) is 15.4. The van der Waals surface area contributed by atoms with E-state index in [2.05, 4.69) is 4.72 Å². The van der Waals surface area contributed by atoms with Crippen LogP contribution in [0, 0.1) is 11.6 Å². The molecule has 1 unspecified atom stereocenters. The lowest BCUT2D eigenvalue weighted by molar-refractivity contribution is 0.564. The number of sulfonamides is 1. The zero-order valence-corrected chi connectivity index (χ0v) is 12.0. The predicted octanol–water partition coefficient (Wildman–Crippen LogP) is 2.59. The van der Waals surface area contributed by atoms with Crippen LogP contribution >= 0.6 is 0 Å². The molecule has 0 radical (unpaired) electrons. The number of benzene rings is 2. The standard InChI is InChI=1S/C14H14F2N2O2S/c1-9(10-5-7-11(15)8-6-10)18-21(19,20)13-4-2-3-12(16)14(13)17/h2-9,18H,17H2,1H3. The molecule has 0 aliphatic carbocycles. The number of hydrogen-bond acceptors (Lipinski definition) is 3. The van der Waals surface area contributed by atoms with E-state index in [0.717, 1.165) is 6.07 Å². The number of rotatable bonds is 4. The highest BCUT2D eigenvalue weighted by molar-refractivity contribution is 7.89. The first-order valence-electron chi connectivity index (χ1n) is 6.13. The second-order valence-electron chi connectivity index (χ2n) is 4.55. The van der Waals surface area contributed by atoms with E-state index in [0.29, 0.717) is 5.56 Å². The van der Waals surface area contributed by atoms with Gasteiger partial charge >= 0.3 is 0 Å². The molecule has 0 saturated heterocycles. The molecule has 0 fully saturated rings. The Labute approximate surface area is 121 Å². The Hall–Kier alpha value is -1.99. The van der Waals surface area contributed by atoms with Crippen molar-refractivity contribution in [3.63, 3.8) is 0 Å². The quantitative estimate of drug-likeness (QED) is 0.852. The van der Waals surface area contributed by atoms with Gasteiger partial charge in [-0.1, -0.05) is 18.2 Å². The fourth-order valence-electron chi connectivity index (χ4n) is 1.87. The number of para-hydroxylation sites is 1. The lowest BCUT2D eigenvalue weighted by atomic mass is 10.1. The van der Waals surface area contributed by atoms with Crippen LogP contribution in [0.3, 0.4) is 0 Å². The van der Waals surface area contributed by atoms with E-state index in [1.54, 1.807) is 6.92 Å². The molecule has 7 heteroatoms. The Morgan fingerprint density at radius 3 is 2.33 bits per heavy atom. The average Bonchev–Trinajstić information content (AvgIpc) is 2.41. The summed E-state index contributed by atoms with van der Waals surface area (Å²) in [6, 6.07) is 8.36. The molecular formula is C14H14F2N2O2S. The molecule has 21 heavy (non-hydrogen) atoms.